The number of carbonyl (C=O) groups excluding carboxylic acids is 1. The van der Waals surface area contributed by atoms with Gasteiger partial charge in [0.05, 0.1) is 7.11 Å². The van der Waals surface area contributed by atoms with Crippen LogP contribution in [-0.2, 0) is 11.3 Å². The molecule has 0 fully saturated rings. The largest absolute Gasteiger partial charge is 0.481 e. The van der Waals surface area contributed by atoms with Gasteiger partial charge in [-0.1, -0.05) is 13.3 Å². The van der Waals surface area contributed by atoms with Crippen LogP contribution in [0.15, 0.2) is 18.3 Å². The second-order valence-electron chi connectivity index (χ2n) is 4.64. The number of hydrogen-bond donors (Lipinski definition) is 3. The lowest BCUT2D eigenvalue weighted by molar-refractivity contribution is -0.138. The molecule has 1 unspecified atom stereocenters. The zero-order valence-corrected chi connectivity index (χ0v) is 12.3. The molecule has 7 nitrogen and oxygen atoms in total. The first-order valence-electron chi connectivity index (χ1n) is 6.77. The molecule has 0 saturated carbocycles. The summed E-state index contributed by atoms with van der Waals surface area (Å²) in [5.41, 5.74) is 0.870. The molecule has 116 valence electrons. The summed E-state index contributed by atoms with van der Waals surface area (Å²) in [5, 5.41) is 14.1. The fraction of sp³-hybridized carbons (Fsp3) is 0.500. The fourth-order valence-corrected chi connectivity index (χ4v) is 1.76. The van der Waals surface area contributed by atoms with Crippen LogP contribution in [0.25, 0.3) is 0 Å². The summed E-state index contributed by atoms with van der Waals surface area (Å²) in [7, 11) is 1.53. The van der Waals surface area contributed by atoms with Gasteiger partial charge in [-0.25, -0.2) is 9.78 Å². The number of carbonyl (C=O) groups is 2. The summed E-state index contributed by atoms with van der Waals surface area (Å²) in [4.78, 5) is 26.3. The molecule has 1 aromatic heterocycles. The smallest absolute Gasteiger partial charge is 0.315 e. The molecule has 0 saturated heterocycles. The van der Waals surface area contributed by atoms with Gasteiger partial charge in [-0.05, 0) is 17.5 Å². The maximum absolute atomic E-state index is 11.7. The Morgan fingerprint density at radius 2 is 2.19 bits per heavy atom. The van der Waals surface area contributed by atoms with Crippen molar-refractivity contribution in [3.8, 4) is 5.88 Å². The maximum Gasteiger partial charge on any atom is 0.315 e. The average molecular weight is 295 g/mol. The van der Waals surface area contributed by atoms with Crippen molar-refractivity contribution in [2.24, 2.45) is 5.92 Å². The Labute approximate surface area is 123 Å². The molecule has 1 aromatic rings. The number of methoxy groups -OCH3 is 1. The van der Waals surface area contributed by atoms with Gasteiger partial charge in [0, 0.05) is 31.8 Å². The second kappa shape index (κ2) is 8.78. The molecule has 21 heavy (non-hydrogen) atoms. The van der Waals surface area contributed by atoms with Crippen LogP contribution in [0.4, 0.5) is 4.79 Å². The molecule has 1 atom stereocenters. The number of carboxylic acid groups (broad SMARTS) is 1. The van der Waals surface area contributed by atoms with E-state index in [-0.39, 0.29) is 18.4 Å². The van der Waals surface area contributed by atoms with Gasteiger partial charge < -0.3 is 20.5 Å². The number of hydrogen-bond acceptors (Lipinski definition) is 4. The van der Waals surface area contributed by atoms with Gasteiger partial charge in [0.15, 0.2) is 0 Å². The van der Waals surface area contributed by atoms with E-state index in [9.17, 15) is 9.59 Å². The third kappa shape index (κ3) is 6.60. The molecule has 0 aromatic carbocycles. The minimum Gasteiger partial charge on any atom is -0.481 e. The van der Waals surface area contributed by atoms with Crippen LogP contribution in [0, 0.1) is 5.92 Å². The number of pyridine rings is 1. The molecule has 1 rings (SSSR count). The average Bonchev–Trinajstić information content (AvgIpc) is 2.49. The molecular formula is C14H21N3O4. The Balaban J connectivity index is 2.34. The van der Waals surface area contributed by atoms with Crippen molar-refractivity contribution in [1.29, 1.82) is 0 Å². The highest BCUT2D eigenvalue weighted by Crippen LogP contribution is 2.08. The summed E-state index contributed by atoms with van der Waals surface area (Å²) in [6.45, 7) is 2.59. The predicted molar refractivity (Wildman–Crippen MR) is 77.1 cm³/mol. The van der Waals surface area contributed by atoms with E-state index < -0.39 is 5.97 Å². The summed E-state index contributed by atoms with van der Waals surface area (Å²) >= 11 is 0. The Bertz CT molecular complexity index is 479. The highest BCUT2D eigenvalue weighted by molar-refractivity contribution is 5.74. The van der Waals surface area contributed by atoms with Gasteiger partial charge >= 0.3 is 12.0 Å². The Morgan fingerprint density at radius 3 is 2.81 bits per heavy atom. The van der Waals surface area contributed by atoms with E-state index in [0.29, 0.717) is 25.4 Å². The van der Waals surface area contributed by atoms with Crippen molar-refractivity contribution in [1.82, 2.24) is 15.6 Å². The number of aliphatic carboxylic acids is 1. The van der Waals surface area contributed by atoms with Gasteiger partial charge in [0.2, 0.25) is 5.88 Å². The van der Waals surface area contributed by atoms with Gasteiger partial charge in [-0.2, -0.15) is 0 Å². The molecule has 0 spiro atoms. The number of rotatable bonds is 8. The Kier molecular flexibility index (Phi) is 7.00. The standard InChI is InChI=1S/C14H21N3O4/c1-3-10(7-13(18)19)8-16-14(20)17-9-11-4-5-15-12(6-11)21-2/h4-6,10H,3,7-9H2,1-2H3,(H,18,19)(H2,16,17,20). The van der Waals surface area contributed by atoms with E-state index in [1.54, 1.807) is 18.3 Å². The Hall–Kier alpha value is -2.31. The van der Waals surface area contributed by atoms with Gasteiger partial charge in [0.1, 0.15) is 0 Å². The molecular weight excluding hydrogens is 274 g/mol. The van der Waals surface area contributed by atoms with E-state index in [1.807, 2.05) is 6.92 Å². The van der Waals surface area contributed by atoms with E-state index >= 15 is 0 Å². The molecule has 0 aliphatic heterocycles. The van der Waals surface area contributed by atoms with E-state index in [4.69, 9.17) is 9.84 Å². The topological polar surface area (TPSA) is 101 Å². The molecule has 7 heteroatoms. The van der Waals surface area contributed by atoms with Crippen LogP contribution in [0.3, 0.4) is 0 Å². The third-order valence-electron chi connectivity index (χ3n) is 3.05. The van der Waals surface area contributed by atoms with Crippen molar-refractivity contribution in [2.75, 3.05) is 13.7 Å². The number of nitrogens with zero attached hydrogens (tertiary/aromatic N) is 1. The summed E-state index contributed by atoms with van der Waals surface area (Å²) in [6.07, 6.45) is 2.36. The summed E-state index contributed by atoms with van der Waals surface area (Å²) in [5.74, 6) is -0.426. The van der Waals surface area contributed by atoms with E-state index in [1.165, 1.54) is 7.11 Å². The molecule has 0 radical (unpaired) electrons. The van der Waals surface area contributed by atoms with Crippen molar-refractivity contribution in [3.63, 3.8) is 0 Å². The minimum absolute atomic E-state index is 0.0539. The number of aromatic nitrogens is 1. The van der Waals surface area contributed by atoms with Crippen LogP contribution >= 0.6 is 0 Å². The van der Waals surface area contributed by atoms with E-state index in [0.717, 1.165) is 5.56 Å². The number of nitrogens with one attached hydrogen (secondary N) is 2. The lowest BCUT2D eigenvalue weighted by Crippen LogP contribution is -2.38. The number of ether oxygens (including phenoxy) is 1. The third-order valence-corrected chi connectivity index (χ3v) is 3.05. The van der Waals surface area contributed by atoms with Gasteiger partial charge in [-0.3, -0.25) is 4.79 Å². The first-order valence-corrected chi connectivity index (χ1v) is 6.77. The molecule has 0 aliphatic carbocycles. The quantitative estimate of drug-likeness (QED) is 0.673. The molecule has 1 heterocycles. The fourth-order valence-electron chi connectivity index (χ4n) is 1.76. The highest BCUT2D eigenvalue weighted by Gasteiger charge is 2.12. The van der Waals surface area contributed by atoms with Crippen LogP contribution in [0.1, 0.15) is 25.3 Å². The Morgan fingerprint density at radius 1 is 1.43 bits per heavy atom. The van der Waals surface area contributed by atoms with Gasteiger partial charge in [-0.15, -0.1) is 0 Å². The first-order chi connectivity index (χ1) is 10.0. The molecule has 3 N–H and O–H groups in total. The van der Waals surface area contributed by atoms with Crippen LogP contribution in [0.2, 0.25) is 0 Å². The second-order valence-corrected chi connectivity index (χ2v) is 4.64. The molecule has 0 bridgehead atoms. The van der Waals surface area contributed by atoms with E-state index in [2.05, 4.69) is 15.6 Å². The molecule has 0 aliphatic rings. The van der Waals surface area contributed by atoms with Crippen LogP contribution < -0.4 is 15.4 Å². The number of amides is 2. The SMILES string of the molecule is CCC(CNC(=O)NCc1ccnc(OC)c1)CC(=O)O. The number of carboxylic acids is 1. The van der Waals surface area contributed by atoms with Crippen molar-refractivity contribution in [3.05, 3.63) is 23.9 Å². The van der Waals surface area contributed by atoms with Gasteiger partial charge in [0.25, 0.3) is 0 Å². The normalized spacial score (nSPS) is 11.5. The van der Waals surface area contributed by atoms with Crippen molar-refractivity contribution < 1.29 is 19.4 Å². The minimum atomic E-state index is -0.854. The predicted octanol–water partition coefficient (Wildman–Crippen LogP) is 1.39. The highest BCUT2D eigenvalue weighted by atomic mass is 16.5. The lowest BCUT2D eigenvalue weighted by Gasteiger charge is -2.14. The zero-order valence-electron chi connectivity index (χ0n) is 12.3. The van der Waals surface area contributed by atoms with Crippen LogP contribution in [-0.4, -0.2) is 35.7 Å². The summed E-state index contributed by atoms with van der Waals surface area (Å²) < 4.78 is 5.00. The monoisotopic (exact) mass is 295 g/mol. The zero-order chi connectivity index (χ0) is 15.7. The number of urea groups is 1. The van der Waals surface area contributed by atoms with Crippen LogP contribution in [0.5, 0.6) is 5.88 Å². The molecule has 2 amide bonds. The van der Waals surface area contributed by atoms with Crippen molar-refractivity contribution >= 4 is 12.0 Å². The first kappa shape index (κ1) is 16.7. The summed E-state index contributed by atoms with van der Waals surface area (Å²) in [6, 6.07) is 3.19. The lowest BCUT2D eigenvalue weighted by atomic mass is 10.0. The maximum atomic E-state index is 11.7. The van der Waals surface area contributed by atoms with Crippen molar-refractivity contribution in [2.45, 2.75) is 26.3 Å².